The van der Waals surface area contributed by atoms with E-state index in [9.17, 15) is 0 Å². The molecule has 0 saturated carbocycles. The zero-order valence-corrected chi connectivity index (χ0v) is 13.8. The molecule has 0 spiro atoms. The van der Waals surface area contributed by atoms with Crippen LogP contribution in [0.4, 0.5) is 0 Å². The van der Waals surface area contributed by atoms with E-state index in [-0.39, 0.29) is 0 Å². The number of ether oxygens (including phenoxy) is 1. The number of rotatable bonds is 5. The molecule has 1 aliphatic rings. The molecule has 110 valence electrons. The molecule has 1 aliphatic heterocycles. The summed E-state index contributed by atoms with van der Waals surface area (Å²) in [4.78, 5) is 0. The highest BCUT2D eigenvalue weighted by molar-refractivity contribution is 9.10. The van der Waals surface area contributed by atoms with Crippen LogP contribution in [-0.2, 0) is 13.0 Å². The fourth-order valence-electron chi connectivity index (χ4n) is 2.78. The molecule has 1 heterocycles. The van der Waals surface area contributed by atoms with Crippen molar-refractivity contribution in [3.05, 3.63) is 63.6 Å². The Hall–Kier alpha value is -1.32. The Balaban J connectivity index is 1.66. The first-order valence-electron chi connectivity index (χ1n) is 7.49. The van der Waals surface area contributed by atoms with Crippen LogP contribution < -0.4 is 10.1 Å². The van der Waals surface area contributed by atoms with E-state index >= 15 is 0 Å². The van der Waals surface area contributed by atoms with Gasteiger partial charge in [-0.15, -0.1) is 0 Å². The van der Waals surface area contributed by atoms with Crippen molar-refractivity contribution in [3.63, 3.8) is 0 Å². The Labute approximate surface area is 134 Å². The molecule has 0 aliphatic carbocycles. The normalized spacial score (nSPS) is 14.6. The molecule has 1 atom stereocenters. The van der Waals surface area contributed by atoms with Crippen molar-refractivity contribution in [1.29, 1.82) is 0 Å². The summed E-state index contributed by atoms with van der Waals surface area (Å²) in [6.45, 7) is 3.93. The largest absolute Gasteiger partial charge is 0.493 e. The van der Waals surface area contributed by atoms with Crippen LogP contribution in [-0.4, -0.2) is 6.61 Å². The fourth-order valence-corrected chi connectivity index (χ4v) is 3.05. The van der Waals surface area contributed by atoms with Gasteiger partial charge in [-0.05, 0) is 41.3 Å². The van der Waals surface area contributed by atoms with Gasteiger partial charge in [0.15, 0.2) is 0 Å². The first kappa shape index (κ1) is 14.6. The molecular formula is C18H20BrNO. The zero-order valence-electron chi connectivity index (χ0n) is 12.2. The van der Waals surface area contributed by atoms with Crippen molar-refractivity contribution in [2.75, 3.05) is 6.61 Å². The second-order valence-electron chi connectivity index (χ2n) is 5.43. The van der Waals surface area contributed by atoms with Crippen molar-refractivity contribution in [2.24, 2.45) is 0 Å². The minimum Gasteiger partial charge on any atom is -0.493 e. The summed E-state index contributed by atoms with van der Waals surface area (Å²) >= 11 is 3.49. The Morgan fingerprint density at radius 2 is 2.00 bits per heavy atom. The van der Waals surface area contributed by atoms with Gasteiger partial charge in [-0.3, -0.25) is 0 Å². The first-order valence-corrected chi connectivity index (χ1v) is 8.29. The summed E-state index contributed by atoms with van der Waals surface area (Å²) in [5, 5.41) is 3.66. The number of hydrogen-bond donors (Lipinski definition) is 1. The van der Waals surface area contributed by atoms with Gasteiger partial charge in [-0.2, -0.15) is 0 Å². The summed E-state index contributed by atoms with van der Waals surface area (Å²) in [5.74, 6) is 1.05. The summed E-state index contributed by atoms with van der Waals surface area (Å²) in [5.41, 5.74) is 4.01. The zero-order chi connectivity index (χ0) is 14.7. The third kappa shape index (κ3) is 3.47. The van der Waals surface area contributed by atoms with E-state index in [2.05, 4.69) is 70.6 Å². The standard InChI is InChI=1S/C18H20BrNO/c1-2-17(14-4-6-16(19)7-5-14)20-12-13-3-8-18-15(11-13)9-10-21-18/h3-8,11,17,20H,2,9-10,12H2,1H3/t17-/m1/s1. The van der Waals surface area contributed by atoms with Crippen LogP contribution in [0.25, 0.3) is 0 Å². The Bertz CT molecular complexity index is 609. The molecule has 3 heteroatoms. The highest BCUT2D eigenvalue weighted by atomic mass is 79.9. The molecule has 3 rings (SSSR count). The van der Waals surface area contributed by atoms with E-state index in [4.69, 9.17) is 4.74 Å². The van der Waals surface area contributed by atoms with Crippen LogP contribution in [0.2, 0.25) is 0 Å². The second kappa shape index (κ2) is 6.63. The maximum atomic E-state index is 5.56. The van der Waals surface area contributed by atoms with Gasteiger partial charge in [0.05, 0.1) is 6.61 Å². The van der Waals surface area contributed by atoms with E-state index < -0.39 is 0 Å². The molecule has 2 nitrogen and oxygen atoms in total. The van der Waals surface area contributed by atoms with Crippen LogP contribution in [0.3, 0.4) is 0 Å². The predicted octanol–water partition coefficient (Wildman–Crippen LogP) is 4.62. The second-order valence-corrected chi connectivity index (χ2v) is 6.35. The minimum atomic E-state index is 0.391. The third-order valence-electron chi connectivity index (χ3n) is 3.99. The van der Waals surface area contributed by atoms with Gasteiger partial charge in [0, 0.05) is 23.5 Å². The topological polar surface area (TPSA) is 21.3 Å². The van der Waals surface area contributed by atoms with E-state index in [1.807, 2.05) is 0 Å². The smallest absolute Gasteiger partial charge is 0.122 e. The summed E-state index contributed by atoms with van der Waals surface area (Å²) in [6.07, 6.45) is 2.11. The van der Waals surface area contributed by atoms with Crippen molar-refractivity contribution in [1.82, 2.24) is 5.32 Å². The van der Waals surface area contributed by atoms with Crippen LogP contribution in [0.5, 0.6) is 5.75 Å². The van der Waals surface area contributed by atoms with Gasteiger partial charge in [0.25, 0.3) is 0 Å². The maximum absolute atomic E-state index is 5.56. The molecule has 2 aromatic rings. The van der Waals surface area contributed by atoms with Crippen LogP contribution >= 0.6 is 15.9 Å². The average Bonchev–Trinajstić information content (AvgIpc) is 2.97. The highest BCUT2D eigenvalue weighted by Gasteiger charge is 2.13. The molecule has 1 N–H and O–H groups in total. The van der Waals surface area contributed by atoms with Gasteiger partial charge in [-0.1, -0.05) is 47.1 Å². The van der Waals surface area contributed by atoms with Crippen molar-refractivity contribution in [3.8, 4) is 5.75 Å². The van der Waals surface area contributed by atoms with Gasteiger partial charge in [-0.25, -0.2) is 0 Å². The van der Waals surface area contributed by atoms with Crippen molar-refractivity contribution in [2.45, 2.75) is 32.4 Å². The molecule has 0 unspecified atom stereocenters. The first-order chi connectivity index (χ1) is 10.3. The Morgan fingerprint density at radius 1 is 1.19 bits per heavy atom. The van der Waals surface area contributed by atoms with Crippen LogP contribution in [0.15, 0.2) is 46.9 Å². The van der Waals surface area contributed by atoms with Gasteiger partial charge >= 0.3 is 0 Å². The lowest BCUT2D eigenvalue weighted by molar-refractivity contribution is 0.357. The minimum absolute atomic E-state index is 0.391. The molecule has 21 heavy (non-hydrogen) atoms. The van der Waals surface area contributed by atoms with E-state index in [0.29, 0.717) is 6.04 Å². The number of fused-ring (bicyclic) bond motifs is 1. The van der Waals surface area contributed by atoms with Gasteiger partial charge < -0.3 is 10.1 Å². The molecule has 0 fully saturated rings. The molecule has 2 aromatic carbocycles. The van der Waals surface area contributed by atoms with E-state index in [1.165, 1.54) is 16.7 Å². The molecule has 0 saturated heterocycles. The Kier molecular flexibility index (Phi) is 4.61. The van der Waals surface area contributed by atoms with Crippen molar-refractivity contribution >= 4 is 15.9 Å². The molecule has 0 bridgehead atoms. The molecule has 0 radical (unpaired) electrons. The summed E-state index contributed by atoms with van der Waals surface area (Å²) < 4.78 is 6.68. The number of nitrogens with one attached hydrogen (secondary N) is 1. The van der Waals surface area contributed by atoms with Crippen LogP contribution in [0.1, 0.15) is 36.1 Å². The van der Waals surface area contributed by atoms with Gasteiger partial charge in [0.1, 0.15) is 5.75 Å². The summed E-state index contributed by atoms with van der Waals surface area (Å²) in [6, 6.07) is 15.5. The lowest BCUT2D eigenvalue weighted by atomic mass is 10.0. The molecule has 0 aromatic heterocycles. The van der Waals surface area contributed by atoms with Crippen LogP contribution in [0, 0.1) is 0 Å². The number of hydrogen-bond acceptors (Lipinski definition) is 2. The third-order valence-corrected chi connectivity index (χ3v) is 4.52. The number of halogens is 1. The molecular weight excluding hydrogens is 326 g/mol. The average molecular weight is 346 g/mol. The SMILES string of the molecule is CC[C@@H](NCc1ccc2c(c1)CCO2)c1ccc(Br)cc1. The van der Waals surface area contributed by atoms with Crippen molar-refractivity contribution < 1.29 is 4.74 Å². The lowest BCUT2D eigenvalue weighted by Gasteiger charge is -2.18. The quantitative estimate of drug-likeness (QED) is 0.853. The van der Waals surface area contributed by atoms with Gasteiger partial charge in [0.2, 0.25) is 0 Å². The highest BCUT2D eigenvalue weighted by Crippen LogP contribution is 2.26. The predicted molar refractivity (Wildman–Crippen MR) is 89.7 cm³/mol. The monoisotopic (exact) mass is 345 g/mol. The van der Waals surface area contributed by atoms with E-state index in [0.717, 1.165) is 36.2 Å². The maximum Gasteiger partial charge on any atom is 0.122 e. The number of benzene rings is 2. The van der Waals surface area contributed by atoms with E-state index in [1.54, 1.807) is 0 Å². The lowest BCUT2D eigenvalue weighted by Crippen LogP contribution is -2.20. The Morgan fingerprint density at radius 3 is 2.76 bits per heavy atom. The summed E-state index contributed by atoms with van der Waals surface area (Å²) in [7, 11) is 0. The molecule has 0 amide bonds. The fraction of sp³-hybridized carbons (Fsp3) is 0.333.